The summed E-state index contributed by atoms with van der Waals surface area (Å²) < 4.78 is 6.46. The van der Waals surface area contributed by atoms with Crippen molar-refractivity contribution in [3.63, 3.8) is 0 Å². The molecule has 3 nitrogen and oxygen atoms in total. The SMILES string of the molecule is CC1(C)c2cc3ccccc3cc2-c2c(-c3cccc(-c4cc(-c5cccc(-c6cccc7oc8ccc9ccccc9c8c67)c5)nc(-c5ccccc5)n4)c3)cccc21. The smallest absolute Gasteiger partial charge is 0.160 e. The van der Waals surface area contributed by atoms with Crippen LogP contribution in [0.5, 0.6) is 0 Å². The van der Waals surface area contributed by atoms with E-state index in [0.717, 1.165) is 66.7 Å². The molecule has 3 heteroatoms. The van der Waals surface area contributed by atoms with Crippen molar-refractivity contribution < 1.29 is 4.42 Å². The van der Waals surface area contributed by atoms with Gasteiger partial charge in [-0.15, -0.1) is 0 Å². The number of fused-ring (bicyclic) bond motifs is 9. The maximum Gasteiger partial charge on any atom is 0.160 e. The number of benzene rings is 9. The summed E-state index contributed by atoms with van der Waals surface area (Å²) in [4.78, 5) is 10.5. The third-order valence-electron chi connectivity index (χ3n) is 12.7. The monoisotopic (exact) mass is 766 g/mol. The predicted molar refractivity (Wildman–Crippen MR) is 249 cm³/mol. The topological polar surface area (TPSA) is 38.9 Å². The van der Waals surface area contributed by atoms with E-state index in [-0.39, 0.29) is 5.41 Å². The molecule has 11 aromatic rings. The van der Waals surface area contributed by atoms with Crippen LogP contribution in [0.4, 0.5) is 0 Å². The van der Waals surface area contributed by atoms with Crippen molar-refractivity contribution >= 4 is 43.5 Å². The third-order valence-corrected chi connectivity index (χ3v) is 12.7. The van der Waals surface area contributed by atoms with Gasteiger partial charge < -0.3 is 4.42 Å². The van der Waals surface area contributed by atoms with Crippen LogP contribution in [0.3, 0.4) is 0 Å². The number of hydrogen-bond acceptors (Lipinski definition) is 3. The summed E-state index contributed by atoms with van der Waals surface area (Å²) in [6, 6.07) is 69.4. The summed E-state index contributed by atoms with van der Waals surface area (Å²) in [7, 11) is 0. The zero-order chi connectivity index (χ0) is 40.0. The van der Waals surface area contributed by atoms with Crippen LogP contribution in [0.2, 0.25) is 0 Å². The van der Waals surface area contributed by atoms with Crippen molar-refractivity contribution in [2.45, 2.75) is 19.3 Å². The molecular formula is C57H38N2O. The van der Waals surface area contributed by atoms with E-state index in [1.807, 2.05) is 18.2 Å². The second-order valence-electron chi connectivity index (χ2n) is 16.5. The summed E-state index contributed by atoms with van der Waals surface area (Å²) in [5.74, 6) is 0.691. The minimum atomic E-state index is -0.118. The number of rotatable bonds is 5. The Morgan fingerprint density at radius 3 is 1.73 bits per heavy atom. The summed E-state index contributed by atoms with van der Waals surface area (Å²) in [5, 5.41) is 7.19. The molecule has 60 heavy (non-hydrogen) atoms. The van der Waals surface area contributed by atoms with Crippen LogP contribution >= 0.6 is 0 Å². The molecule has 0 unspecified atom stereocenters. The summed E-state index contributed by atoms with van der Waals surface area (Å²) >= 11 is 0. The van der Waals surface area contributed by atoms with E-state index >= 15 is 0 Å². The zero-order valence-corrected chi connectivity index (χ0v) is 33.3. The van der Waals surface area contributed by atoms with Crippen LogP contribution in [0.25, 0.3) is 111 Å². The minimum Gasteiger partial charge on any atom is -0.456 e. The molecule has 0 fully saturated rings. The van der Waals surface area contributed by atoms with E-state index < -0.39 is 0 Å². The van der Waals surface area contributed by atoms with Gasteiger partial charge in [-0.25, -0.2) is 9.97 Å². The van der Waals surface area contributed by atoms with Crippen molar-refractivity contribution in [1.82, 2.24) is 9.97 Å². The average molecular weight is 767 g/mol. The lowest BCUT2D eigenvalue weighted by atomic mass is 9.81. The number of furan rings is 1. The lowest BCUT2D eigenvalue weighted by Gasteiger charge is -2.22. The Labute approximate surface area is 348 Å². The number of aromatic nitrogens is 2. The lowest BCUT2D eigenvalue weighted by molar-refractivity contribution is 0.661. The maximum atomic E-state index is 6.46. The average Bonchev–Trinajstić information content (AvgIpc) is 3.80. The van der Waals surface area contributed by atoms with Gasteiger partial charge in [-0.05, 0) is 109 Å². The number of nitrogens with zero attached hydrogens (tertiary/aromatic N) is 2. The van der Waals surface area contributed by atoms with Gasteiger partial charge in [0, 0.05) is 32.9 Å². The Kier molecular flexibility index (Phi) is 7.58. The van der Waals surface area contributed by atoms with Crippen molar-refractivity contribution in [3.05, 3.63) is 205 Å². The van der Waals surface area contributed by atoms with Gasteiger partial charge in [0.05, 0.1) is 11.4 Å². The Morgan fingerprint density at radius 2 is 0.967 bits per heavy atom. The Balaban J connectivity index is 1.01. The van der Waals surface area contributed by atoms with Gasteiger partial charge in [-0.2, -0.15) is 0 Å². The van der Waals surface area contributed by atoms with E-state index in [1.54, 1.807) is 0 Å². The summed E-state index contributed by atoms with van der Waals surface area (Å²) in [6.45, 7) is 4.71. The van der Waals surface area contributed by atoms with Gasteiger partial charge in [0.15, 0.2) is 5.82 Å². The van der Waals surface area contributed by atoms with Crippen LogP contribution in [0.1, 0.15) is 25.0 Å². The fraction of sp³-hybridized carbons (Fsp3) is 0.0526. The Hall–Kier alpha value is -7.62. The first-order valence-electron chi connectivity index (χ1n) is 20.6. The van der Waals surface area contributed by atoms with Gasteiger partial charge >= 0.3 is 0 Å². The molecule has 2 aromatic heterocycles. The molecule has 0 atom stereocenters. The molecule has 0 N–H and O–H groups in total. The van der Waals surface area contributed by atoms with Crippen LogP contribution in [0, 0.1) is 0 Å². The molecule has 0 aliphatic heterocycles. The van der Waals surface area contributed by atoms with Gasteiger partial charge in [0.25, 0.3) is 0 Å². The fourth-order valence-electron chi connectivity index (χ4n) is 9.69. The van der Waals surface area contributed by atoms with Gasteiger partial charge in [-0.1, -0.05) is 166 Å². The normalized spacial score (nSPS) is 13.0. The van der Waals surface area contributed by atoms with Crippen molar-refractivity contribution in [2.75, 3.05) is 0 Å². The van der Waals surface area contributed by atoms with Gasteiger partial charge in [0.2, 0.25) is 0 Å². The number of hydrogen-bond donors (Lipinski definition) is 0. The van der Waals surface area contributed by atoms with E-state index in [2.05, 4.69) is 190 Å². The van der Waals surface area contributed by atoms with E-state index in [4.69, 9.17) is 14.4 Å². The molecule has 282 valence electrons. The van der Waals surface area contributed by atoms with Crippen LogP contribution in [-0.4, -0.2) is 9.97 Å². The van der Waals surface area contributed by atoms with E-state index in [1.165, 1.54) is 49.4 Å². The highest BCUT2D eigenvalue weighted by atomic mass is 16.3. The maximum absolute atomic E-state index is 6.46. The molecule has 0 radical (unpaired) electrons. The highest BCUT2D eigenvalue weighted by molar-refractivity contribution is 6.22. The fourth-order valence-corrected chi connectivity index (χ4v) is 9.69. The highest BCUT2D eigenvalue weighted by Gasteiger charge is 2.37. The molecule has 0 bridgehead atoms. The third kappa shape index (κ3) is 5.36. The Bertz CT molecular complexity index is 3520. The first-order chi connectivity index (χ1) is 29.5. The first-order valence-corrected chi connectivity index (χ1v) is 20.6. The van der Waals surface area contributed by atoms with Gasteiger partial charge in [-0.3, -0.25) is 0 Å². The molecule has 2 heterocycles. The zero-order valence-electron chi connectivity index (χ0n) is 33.3. The molecular weight excluding hydrogens is 729 g/mol. The van der Waals surface area contributed by atoms with Crippen molar-refractivity contribution in [1.29, 1.82) is 0 Å². The Morgan fingerprint density at radius 1 is 0.383 bits per heavy atom. The van der Waals surface area contributed by atoms with Gasteiger partial charge in [0.1, 0.15) is 11.2 Å². The summed E-state index contributed by atoms with van der Waals surface area (Å²) in [6.07, 6.45) is 0. The molecule has 1 aliphatic rings. The summed E-state index contributed by atoms with van der Waals surface area (Å²) in [5.41, 5.74) is 16.4. The predicted octanol–water partition coefficient (Wildman–Crippen LogP) is 15.3. The van der Waals surface area contributed by atoms with E-state index in [9.17, 15) is 0 Å². The van der Waals surface area contributed by atoms with Crippen LogP contribution in [-0.2, 0) is 5.41 Å². The first kappa shape index (κ1) is 34.4. The second-order valence-corrected chi connectivity index (χ2v) is 16.5. The largest absolute Gasteiger partial charge is 0.456 e. The molecule has 0 saturated heterocycles. The molecule has 1 aliphatic carbocycles. The lowest BCUT2D eigenvalue weighted by Crippen LogP contribution is -2.14. The molecule has 0 amide bonds. The molecule has 9 aromatic carbocycles. The van der Waals surface area contributed by atoms with Crippen LogP contribution in [0.15, 0.2) is 199 Å². The second kappa shape index (κ2) is 13.2. The van der Waals surface area contributed by atoms with E-state index in [0.29, 0.717) is 5.82 Å². The van der Waals surface area contributed by atoms with Crippen LogP contribution < -0.4 is 0 Å². The highest BCUT2D eigenvalue weighted by Crippen LogP contribution is 2.53. The van der Waals surface area contributed by atoms with Crippen molar-refractivity contribution in [3.8, 4) is 67.3 Å². The van der Waals surface area contributed by atoms with Crippen molar-refractivity contribution in [2.24, 2.45) is 0 Å². The minimum absolute atomic E-state index is 0.118. The molecule has 0 spiro atoms. The standard InChI is InChI=1S/C57H38N2O/c1-57(2)47-26-12-24-44(53(47)46-32-37-17-6-7-18-38(37)33-48(46)57)39-19-10-21-41(30-39)49-34-50(59-56(58-49)36-15-4-3-5-16-36)42-22-11-20-40(31-42)45-25-13-27-51-55(45)54-43-23-9-8-14-35(43)28-29-52(54)60-51/h3-34H,1-2H3. The quantitative estimate of drug-likeness (QED) is 0.175. The molecule has 0 saturated carbocycles. The molecule has 12 rings (SSSR count).